The first-order valence-corrected chi connectivity index (χ1v) is 11.9. The van der Waals surface area contributed by atoms with Crippen molar-refractivity contribution in [2.45, 2.75) is 49.6 Å². The zero-order chi connectivity index (χ0) is 20.6. The van der Waals surface area contributed by atoms with Crippen molar-refractivity contribution < 1.29 is 17.9 Å². The number of hydrogen-bond donors (Lipinski definition) is 0. The van der Waals surface area contributed by atoms with Gasteiger partial charge in [0.15, 0.2) is 11.5 Å². The molecule has 30 heavy (non-hydrogen) atoms. The second-order valence-corrected chi connectivity index (χ2v) is 9.93. The van der Waals surface area contributed by atoms with Crippen LogP contribution < -0.4 is 9.47 Å². The Balaban J connectivity index is 1.52. The Morgan fingerprint density at radius 3 is 2.43 bits per heavy atom. The van der Waals surface area contributed by atoms with E-state index >= 15 is 0 Å². The predicted molar refractivity (Wildman–Crippen MR) is 116 cm³/mol. The molecular formula is C24H25NO4S. The zero-order valence-corrected chi connectivity index (χ0v) is 17.6. The molecule has 0 N–H and O–H groups in total. The van der Waals surface area contributed by atoms with Crippen molar-refractivity contribution in [3.8, 4) is 11.5 Å². The Morgan fingerprint density at radius 2 is 1.60 bits per heavy atom. The first-order valence-electron chi connectivity index (χ1n) is 10.5. The lowest BCUT2D eigenvalue weighted by Gasteiger charge is -2.33. The molecule has 0 unspecified atom stereocenters. The summed E-state index contributed by atoms with van der Waals surface area (Å²) in [5.41, 5.74) is 0.911. The lowest BCUT2D eigenvalue weighted by atomic mass is 9.95. The monoisotopic (exact) mass is 423 g/mol. The number of rotatable bonds is 5. The van der Waals surface area contributed by atoms with Gasteiger partial charge in [-0.1, -0.05) is 55.7 Å². The summed E-state index contributed by atoms with van der Waals surface area (Å²) < 4.78 is 40.2. The molecule has 3 aromatic carbocycles. The molecule has 0 bridgehead atoms. The van der Waals surface area contributed by atoms with E-state index in [2.05, 4.69) is 0 Å². The third-order valence-corrected chi connectivity index (χ3v) is 7.98. The zero-order valence-electron chi connectivity index (χ0n) is 16.8. The van der Waals surface area contributed by atoms with Crippen molar-refractivity contribution in [1.29, 1.82) is 0 Å². The third-order valence-electron chi connectivity index (χ3n) is 6.08. The number of ether oxygens (including phenoxy) is 2. The van der Waals surface area contributed by atoms with Gasteiger partial charge in [-0.2, -0.15) is 4.31 Å². The van der Waals surface area contributed by atoms with E-state index in [1.54, 1.807) is 16.4 Å². The topological polar surface area (TPSA) is 55.8 Å². The van der Waals surface area contributed by atoms with E-state index in [9.17, 15) is 8.42 Å². The van der Waals surface area contributed by atoms with Crippen LogP contribution in [0.4, 0.5) is 0 Å². The van der Waals surface area contributed by atoms with E-state index in [0.29, 0.717) is 22.9 Å². The van der Waals surface area contributed by atoms with Crippen LogP contribution in [0, 0.1) is 0 Å². The summed E-state index contributed by atoms with van der Waals surface area (Å²) in [5, 5.41) is 1.97. The number of fused-ring (bicyclic) bond motifs is 2. The molecule has 3 aromatic rings. The van der Waals surface area contributed by atoms with Crippen LogP contribution in [0.3, 0.4) is 0 Å². The van der Waals surface area contributed by atoms with E-state index in [1.807, 2.05) is 48.5 Å². The third kappa shape index (κ3) is 3.66. The van der Waals surface area contributed by atoms with Gasteiger partial charge >= 0.3 is 0 Å². The fourth-order valence-electron chi connectivity index (χ4n) is 4.46. The van der Waals surface area contributed by atoms with Gasteiger partial charge in [0.25, 0.3) is 0 Å². The summed E-state index contributed by atoms with van der Waals surface area (Å²) >= 11 is 0. The second-order valence-electron chi connectivity index (χ2n) is 8.04. The molecule has 0 radical (unpaired) electrons. The van der Waals surface area contributed by atoms with Crippen LogP contribution in [-0.2, 0) is 16.6 Å². The minimum atomic E-state index is -3.64. The maximum absolute atomic E-state index is 13.8. The summed E-state index contributed by atoms with van der Waals surface area (Å²) in [7, 11) is -3.64. The Hall–Kier alpha value is -2.57. The lowest BCUT2D eigenvalue weighted by molar-refractivity contribution is 0.174. The van der Waals surface area contributed by atoms with Gasteiger partial charge in [-0.25, -0.2) is 8.42 Å². The molecule has 0 aromatic heterocycles. The molecule has 1 saturated carbocycles. The Morgan fingerprint density at radius 1 is 0.833 bits per heavy atom. The van der Waals surface area contributed by atoms with Gasteiger partial charge < -0.3 is 9.47 Å². The average molecular weight is 424 g/mol. The molecule has 5 nitrogen and oxygen atoms in total. The summed E-state index contributed by atoms with van der Waals surface area (Å²) in [6.45, 7) is 0.539. The molecule has 1 heterocycles. The first-order chi connectivity index (χ1) is 14.6. The Kier molecular flexibility index (Phi) is 5.13. The molecule has 6 heteroatoms. The lowest BCUT2D eigenvalue weighted by Crippen LogP contribution is -2.40. The molecule has 0 atom stereocenters. The quantitative estimate of drug-likeness (QED) is 0.573. The van der Waals surface area contributed by atoms with Gasteiger partial charge in [-0.15, -0.1) is 0 Å². The van der Waals surface area contributed by atoms with E-state index in [4.69, 9.17) is 9.47 Å². The van der Waals surface area contributed by atoms with Crippen LogP contribution in [0.15, 0.2) is 65.6 Å². The predicted octanol–water partition coefficient (Wildman–Crippen LogP) is 5.09. The highest BCUT2D eigenvalue weighted by atomic mass is 32.2. The maximum atomic E-state index is 13.8. The highest BCUT2D eigenvalue weighted by Gasteiger charge is 2.33. The first kappa shape index (κ1) is 19.4. The molecule has 1 fully saturated rings. The molecule has 1 aliphatic heterocycles. The van der Waals surface area contributed by atoms with E-state index in [1.165, 1.54) is 6.42 Å². The number of sulfonamides is 1. The van der Waals surface area contributed by atoms with Crippen LogP contribution in [0.1, 0.15) is 37.7 Å². The average Bonchev–Trinajstić information content (AvgIpc) is 3.25. The van der Waals surface area contributed by atoms with Crippen molar-refractivity contribution >= 4 is 20.8 Å². The van der Waals surface area contributed by atoms with Crippen molar-refractivity contribution in [3.63, 3.8) is 0 Å². The fraction of sp³-hybridized carbons (Fsp3) is 0.333. The second kappa shape index (κ2) is 7.93. The highest BCUT2D eigenvalue weighted by Crippen LogP contribution is 2.35. The standard InChI is InChI=1S/C24H25NO4S/c26-30(27,22-12-11-19-6-4-5-7-20(19)15-22)25(21-8-2-1-3-9-21)16-18-10-13-23-24(14-18)29-17-28-23/h4-7,10-15,21H,1-3,8-9,16-17H2. The molecule has 0 spiro atoms. The Bertz CT molecular complexity index is 1170. The van der Waals surface area contributed by atoms with Gasteiger partial charge in [0.05, 0.1) is 4.90 Å². The van der Waals surface area contributed by atoms with Gasteiger partial charge in [-0.3, -0.25) is 0 Å². The van der Waals surface area contributed by atoms with Gasteiger partial charge in [-0.05, 0) is 53.4 Å². The molecular weight excluding hydrogens is 398 g/mol. The molecule has 5 rings (SSSR count). The Labute approximate surface area is 177 Å². The van der Waals surface area contributed by atoms with Gasteiger partial charge in [0, 0.05) is 12.6 Å². The van der Waals surface area contributed by atoms with Crippen LogP contribution in [0.2, 0.25) is 0 Å². The van der Waals surface area contributed by atoms with Crippen molar-refractivity contribution in [1.82, 2.24) is 4.31 Å². The molecule has 2 aliphatic rings. The SMILES string of the molecule is O=S(=O)(c1ccc2ccccc2c1)N(Cc1ccc2c(c1)OCO2)C1CCCCC1. The van der Waals surface area contributed by atoms with E-state index in [0.717, 1.165) is 42.0 Å². The molecule has 0 amide bonds. The highest BCUT2D eigenvalue weighted by molar-refractivity contribution is 7.89. The van der Waals surface area contributed by atoms with E-state index < -0.39 is 10.0 Å². The normalized spacial score (nSPS) is 17.0. The summed E-state index contributed by atoms with van der Waals surface area (Å²) in [4.78, 5) is 0.354. The number of nitrogens with zero attached hydrogens (tertiary/aromatic N) is 1. The van der Waals surface area contributed by atoms with Crippen LogP contribution in [0.5, 0.6) is 11.5 Å². The van der Waals surface area contributed by atoms with Crippen LogP contribution >= 0.6 is 0 Å². The van der Waals surface area contributed by atoms with Crippen molar-refractivity contribution in [2.24, 2.45) is 0 Å². The van der Waals surface area contributed by atoms with Crippen molar-refractivity contribution in [3.05, 3.63) is 66.2 Å². The summed E-state index contributed by atoms with van der Waals surface area (Å²) in [6, 6.07) is 19.0. The van der Waals surface area contributed by atoms with Crippen LogP contribution in [0.25, 0.3) is 10.8 Å². The number of benzene rings is 3. The van der Waals surface area contributed by atoms with Crippen molar-refractivity contribution in [2.75, 3.05) is 6.79 Å². The van der Waals surface area contributed by atoms with Crippen LogP contribution in [-0.4, -0.2) is 25.6 Å². The minimum absolute atomic E-state index is 0.0145. The molecule has 156 valence electrons. The van der Waals surface area contributed by atoms with E-state index in [-0.39, 0.29) is 12.8 Å². The maximum Gasteiger partial charge on any atom is 0.243 e. The minimum Gasteiger partial charge on any atom is -0.454 e. The smallest absolute Gasteiger partial charge is 0.243 e. The largest absolute Gasteiger partial charge is 0.454 e. The number of hydrogen-bond acceptors (Lipinski definition) is 4. The summed E-state index contributed by atoms with van der Waals surface area (Å²) in [6.07, 6.45) is 5.10. The molecule has 1 aliphatic carbocycles. The fourth-order valence-corrected chi connectivity index (χ4v) is 6.17. The summed E-state index contributed by atoms with van der Waals surface area (Å²) in [5.74, 6) is 1.39. The van der Waals surface area contributed by atoms with Gasteiger partial charge in [0.2, 0.25) is 16.8 Å². The van der Waals surface area contributed by atoms with Gasteiger partial charge in [0.1, 0.15) is 0 Å². The molecule has 0 saturated heterocycles.